The second kappa shape index (κ2) is 8.45. The highest BCUT2D eigenvalue weighted by Gasteiger charge is 2.36. The molecule has 5 nitrogen and oxygen atoms in total. The second-order valence-electron chi connectivity index (χ2n) is 7.33. The average Bonchev–Trinajstić information content (AvgIpc) is 3.22. The lowest BCUT2D eigenvalue weighted by atomic mass is 9.96. The van der Waals surface area contributed by atoms with Gasteiger partial charge >= 0.3 is 0 Å². The number of rotatable bonds is 6. The number of benzene rings is 3. The molecule has 3 aromatic carbocycles. The Bertz CT molecular complexity index is 1000. The molecule has 1 amide bonds. The first kappa shape index (κ1) is 19.8. The summed E-state index contributed by atoms with van der Waals surface area (Å²) in [5.41, 5.74) is 7.76. The summed E-state index contributed by atoms with van der Waals surface area (Å²) in [6.45, 7) is 0.693. The summed E-state index contributed by atoms with van der Waals surface area (Å²) < 4.78 is 24.0. The van der Waals surface area contributed by atoms with Crippen LogP contribution in [0, 0.1) is 5.82 Å². The van der Waals surface area contributed by atoms with E-state index in [1.807, 2.05) is 53.4 Å². The largest absolute Gasteiger partial charge is 0.497 e. The van der Waals surface area contributed by atoms with Gasteiger partial charge in [0.25, 0.3) is 0 Å². The standard InChI is InChI=1S/C24H23FN2O3/c1-29-20-8-2-16(3-9-20)17-14-23(24(26)28)27(15-17)19-6-12-22(13-7-19)30-21-10-4-18(25)5-11-21/h2-13,17,23H,14-15H2,1H3,(H2,26,28). The molecule has 1 heterocycles. The lowest BCUT2D eigenvalue weighted by Crippen LogP contribution is -2.40. The number of methoxy groups -OCH3 is 1. The summed E-state index contributed by atoms with van der Waals surface area (Å²) in [5, 5.41) is 0. The van der Waals surface area contributed by atoms with Crippen molar-refractivity contribution >= 4 is 11.6 Å². The topological polar surface area (TPSA) is 64.8 Å². The number of primary amides is 1. The van der Waals surface area contributed by atoms with Crippen LogP contribution in [-0.2, 0) is 4.79 Å². The van der Waals surface area contributed by atoms with Crippen molar-refractivity contribution in [2.24, 2.45) is 5.73 Å². The first-order valence-corrected chi connectivity index (χ1v) is 9.77. The van der Waals surface area contributed by atoms with Gasteiger partial charge in [0.1, 0.15) is 29.1 Å². The highest BCUT2D eigenvalue weighted by molar-refractivity contribution is 5.84. The number of carbonyl (C=O) groups excluding carboxylic acids is 1. The predicted octanol–water partition coefficient (Wildman–Crippen LogP) is 4.47. The van der Waals surface area contributed by atoms with Crippen LogP contribution in [0.1, 0.15) is 17.9 Å². The Labute approximate surface area is 174 Å². The van der Waals surface area contributed by atoms with Crippen LogP contribution < -0.4 is 20.1 Å². The molecule has 1 fully saturated rings. The molecule has 30 heavy (non-hydrogen) atoms. The number of nitrogens with zero attached hydrogens (tertiary/aromatic N) is 1. The average molecular weight is 406 g/mol. The summed E-state index contributed by atoms with van der Waals surface area (Å²) in [5.74, 6) is 1.54. The zero-order valence-corrected chi connectivity index (χ0v) is 16.6. The Balaban J connectivity index is 1.50. The van der Waals surface area contributed by atoms with E-state index in [9.17, 15) is 9.18 Å². The molecule has 4 rings (SSSR count). The fourth-order valence-corrected chi connectivity index (χ4v) is 3.85. The Hall–Kier alpha value is -3.54. The monoisotopic (exact) mass is 406 g/mol. The maximum absolute atomic E-state index is 13.0. The highest BCUT2D eigenvalue weighted by atomic mass is 19.1. The van der Waals surface area contributed by atoms with Gasteiger partial charge in [-0.2, -0.15) is 0 Å². The SMILES string of the molecule is COc1ccc(C2CC(C(N)=O)N(c3ccc(Oc4ccc(F)cc4)cc3)C2)cc1. The van der Waals surface area contributed by atoms with Gasteiger partial charge in [-0.25, -0.2) is 4.39 Å². The van der Waals surface area contributed by atoms with Gasteiger partial charge in [-0.05, 0) is 72.6 Å². The minimum atomic E-state index is -0.374. The van der Waals surface area contributed by atoms with Crippen LogP contribution in [0.25, 0.3) is 0 Å². The van der Waals surface area contributed by atoms with Crippen molar-refractivity contribution in [1.29, 1.82) is 0 Å². The Kier molecular flexibility index (Phi) is 5.57. The molecule has 1 saturated heterocycles. The van der Waals surface area contributed by atoms with Crippen LogP contribution in [0.15, 0.2) is 72.8 Å². The summed E-state index contributed by atoms with van der Waals surface area (Å²) >= 11 is 0. The van der Waals surface area contributed by atoms with E-state index in [2.05, 4.69) is 0 Å². The number of anilines is 1. The Morgan fingerprint density at radius 2 is 1.50 bits per heavy atom. The summed E-state index contributed by atoms with van der Waals surface area (Å²) in [6, 6.07) is 20.9. The molecule has 0 saturated carbocycles. The fourth-order valence-electron chi connectivity index (χ4n) is 3.85. The molecule has 154 valence electrons. The molecule has 2 unspecified atom stereocenters. The van der Waals surface area contributed by atoms with E-state index >= 15 is 0 Å². The van der Waals surface area contributed by atoms with Crippen LogP contribution in [0.2, 0.25) is 0 Å². The third kappa shape index (κ3) is 4.22. The Morgan fingerprint density at radius 1 is 0.933 bits per heavy atom. The molecule has 2 N–H and O–H groups in total. The molecule has 0 spiro atoms. The van der Waals surface area contributed by atoms with Crippen molar-refractivity contribution in [3.63, 3.8) is 0 Å². The fraction of sp³-hybridized carbons (Fsp3) is 0.208. The highest BCUT2D eigenvalue weighted by Crippen LogP contribution is 2.36. The first-order chi connectivity index (χ1) is 14.5. The molecule has 0 bridgehead atoms. The number of halogens is 1. The van der Waals surface area contributed by atoms with E-state index in [-0.39, 0.29) is 23.7 Å². The normalized spacial score (nSPS) is 18.3. The van der Waals surface area contributed by atoms with Gasteiger partial charge in [-0.1, -0.05) is 12.1 Å². The van der Waals surface area contributed by atoms with E-state index in [4.69, 9.17) is 15.2 Å². The number of carbonyl (C=O) groups is 1. The first-order valence-electron chi connectivity index (χ1n) is 9.77. The summed E-state index contributed by atoms with van der Waals surface area (Å²) in [6.07, 6.45) is 0.662. The van der Waals surface area contributed by atoms with Crippen LogP contribution >= 0.6 is 0 Å². The molecule has 1 aliphatic rings. The van der Waals surface area contributed by atoms with Crippen LogP contribution in [0.5, 0.6) is 17.2 Å². The van der Waals surface area contributed by atoms with Gasteiger partial charge in [0, 0.05) is 18.2 Å². The number of hydrogen-bond donors (Lipinski definition) is 1. The van der Waals surface area contributed by atoms with Gasteiger partial charge in [0.05, 0.1) is 7.11 Å². The number of ether oxygens (including phenoxy) is 2. The van der Waals surface area contributed by atoms with E-state index < -0.39 is 0 Å². The third-order valence-electron chi connectivity index (χ3n) is 5.43. The van der Waals surface area contributed by atoms with Crippen molar-refractivity contribution in [3.05, 3.63) is 84.2 Å². The van der Waals surface area contributed by atoms with Gasteiger partial charge < -0.3 is 20.1 Å². The van der Waals surface area contributed by atoms with Crippen LogP contribution in [0.3, 0.4) is 0 Å². The number of nitrogens with two attached hydrogens (primary N) is 1. The van der Waals surface area contributed by atoms with E-state index in [1.165, 1.54) is 12.1 Å². The van der Waals surface area contributed by atoms with Gasteiger partial charge in [-0.15, -0.1) is 0 Å². The zero-order valence-electron chi connectivity index (χ0n) is 16.6. The van der Waals surface area contributed by atoms with E-state index in [1.54, 1.807) is 19.2 Å². The minimum Gasteiger partial charge on any atom is -0.497 e. The van der Waals surface area contributed by atoms with Crippen molar-refractivity contribution < 1.29 is 18.7 Å². The maximum Gasteiger partial charge on any atom is 0.240 e. The molecule has 3 aromatic rings. The molecule has 0 aliphatic carbocycles. The molecule has 1 aliphatic heterocycles. The summed E-state index contributed by atoms with van der Waals surface area (Å²) in [7, 11) is 1.64. The second-order valence-corrected chi connectivity index (χ2v) is 7.33. The third-order valence-corrected chi connectivity index (χ3v) is 5.43. The van der Waals surface area contributed by atoms with Gasteiger partial charge in [0.2, 0.25) is 5.91 Å². The molecular formula is C24H23FN2O3. The van der Waals surface area contributed by atoms with Gasteiger partial charge in [-0.3, -0.25) is 4.79 Å². The molecule has 2 atom stereocenters. The van der Waals surface area contributed by atoms with E-state index in [0.717, 1.165) is 17.0 Å². The van der Waals surface area contributed by atoms with Crippen molar-refractivity contribution in [2.45, 2.75) is 18.4 Å². The molecule has 6 heteroatoms. The summed E-state index contributed by atoms with van der Waals surface area (Å²) in [4.78, 5) is 14.1. The van der Waals surface area contributed by atoms with Crippen molar-refractivity contribution in [3.8, 4) is 17.2 Å². The van der Waals surface area contributed by atoms with Crippen LogP contribution in [-0.4, -0.2) is 25.6 Å². The maximum atomic E-state index is 13.0. The molecule has 0 radical (unpaired) electrons. The van der Waals surface area contributed by atoms with Gasteiger partial charge in [0.15, 0.2) is 0 Å². The Morgan fingerprint density at radius 3 is 2.07 bits per heavy atom. The lowest BCUT2D eigenvalue weighted by Gasteiger charge is -2.24. The molecular weight excluding hydrogens is 383 g/mol. The van der Waals surface area contributed by atoms with Crippen molar-refractivity contribution in [1.82, 2.24) is 0 Å². The minimum absolute atomic E-state index is 0.198. The van der Waals surface area contributed by atoms with Crippen LogP contribution in [0.4, 0.5) is 10.1 Å². The van der Waals surface area contributed by atoms with Crippen molar-refractivity contribution in [2.75, 3.05) is 18.6 Å². The quantitative estimate of drug-likeness (QED) is 0.656. The lowest BCUT2D eigenvalue weighted by molar-refractivity contribution is -0.119. The predicted molar refractivity (Wildman–Crippen MR) is 114 cm³/mol. The molecule has 0 aromatic heterocycles. The number of hydrogen-bond acceptors (Lipinski definition) is 4. The zero-order chi connectivity index (χ0) is 21.1. The van der Waals surface area contributed by atoms with E-state index in [0.29, 0.717) is 24.5 Å². The number of amides is 1. The smallest absolute Gasteiger partial charge is 0.240 e.